The Morgan fingerprint density at radius 1 is 1.19 bits per heavy atom. The van der Waals surface area contributed by atoms with Gasteiger partial charge in [0.1, 0.15) is 0 Å². The highest BCUT2D eigenvalue weighted by molar-refractivity contribution is 5.76. The van der Waals surface area contributed by atoms with Gasteiger partial charge in [-0.2, -0.15) is 5.26 Å². The van der Waals surface area contributed by atoms with Crippen LogP contribution in [0.3, 0.4) is 0 Å². The van der Waals surface area contributed by atoms with E-state index in [1.165, 1.54) is 0 Å². The Hall–Kier alpha value is -1.90. The number of amides is 1. The minimum absolute atomic E-state index is 0.173. The molecule has 0 spiro atoms. The van der Waals surface area contributed by atoms with Crippen LogP contribution in [-0.2, 0) is 11.2 Å². The number of hydrogen-bond donors (Lipinski definition) is 1. The van der Waals surface area contributed by atoms with Gasteiger partial charge in [-0.3, -0.25) is 9.69 Å². The topological polar surface area (TPSA) is 67.6 Å². The lowest BCUT2D eigenvalue weighted by Crippen LogP contribution is -2.49. The third kappa shape index (κ3) is 4.55. The largest absolute Gasteiger partial charge is 0.395 e. The molecule has 21 heavy (non-hydrogen) atoms. The van der Waals surface area contributed by atoms with Crippen molar-refractivity contribution in [3.05, 3.63) is 35.4 Å². The molecule has 0 atom stereocenters. The van der Waals surface area contributed by atoms with Gasteiger partial charge in [0.05, 0.1) is 18.2 Å². The number of nitriles is 1. The molecular formula is C16H21N3O2. The Balaban J connectivity index is 1.76. The number of carbonyl (C=O) groups is 1. The zero-order chi connectivity index (χ0) is 15.1. The maximum absolute atomic E-state index is 12.2. The summed E-state index contributed by atoms with van der Waals surface area (Å²) < 4.78 is 0. The molecule has 1 aromatic carbocycles. The van der Waals surface area contributed by atoms with E-state index in [1.54, 1.807) is 12.1 Å². The van der Waals surface area contributed by atoms with Crippen molar-refractivity contribution < 1.29 is 9.90 Å². The molecule has 1 N–H and O–H groups in total. The maximum atomic E-state index is 12.2. The van der Waals surface area contributed by atoms with Crippen molar-refractivity contribution in [2.75, 3.05) is 39.3 Å². The van der Waals surface area contributed by atoms with Crippen LogP contribution in [0.1, 0.15) is 17.5 Å². The fraction of sp³-hybridized carbons (Fsp3) is 0.500. The molecule has 1 amide bonds. The molecule has 1 aromatic rings. The number of aliphatic hydroxyl groups is 1. The van der Waals surface area contributed by atoms with E-state index in [0.717, 1.165) is 31.7 Å². The summed E-state index contributed by atoms with van der Waals surface area (Å²) in [7, 11) is 0. The van der Waals surface area contributed by atoms with Crippen LogP contribution in [-0.4, -0.2) is 60.1 Å². The minimum Gasteiger partial charge on any atom is -0.395 e. The first kappa shape index (κ1) is 15.5. The lowest BCUT2D eigenvalue weighted by molar-refractivity contribution is -0.132. The number of carbonyl (C=O) groups excluding carboxylic acids is 1. The van der Waals surface area contributed by atoms with Crippen LogP contribution >= 0.6 is 0 Å². The van der Waals surface area contributed by atoms with Crippen molar-refractivity contribution in [1.29, 1.82) is 5.26 Å². The maximum Gasteiger partial charge on any atom is 0.222 e. The van der Waals surface area contributed by atoms with Crippen LogP contribution in [0.15, 0.2) is 24.3 Å². The van der Waals surface area contributed by atoms with Crippen LogP contribution in [0.25, 0.3) is 0 Å². The van der Waals surface area contributed by atoms with Crippen molar-refractivity contribution >= 4 is 5.91 Å². The first-order valence-corrected chi connectivity index (χ1v) is 7.33. The number of benzene rings is 1. The molecule has 1 heterocycles. The highest BCUT2D eigenvalue weighted by Crippen LogP contribution is 2.09. The van der Waals surface area contributed by atoms with Crippen LogP contribution < -0.4 is 0 Å². The molecule has 112 valence electrons. The fourth-order valence-corrected chi connectivity index (χ4v) is 2.52. The van der Waals surface area contributed by atoms with Crippen LogP contribution in [0, 0.1) is 11.3 Å². The third-order valence-corrected chi connectivity index (χ3v) is 3.85. The summed E-state index contributed by atoms with van der Waals surface area (Å²) in [5.74, 6) is 0.183. The second-order valence-electron chi connectivity index (χ2n) is 5.25. The number of aryl methyl sites for hydroxylation is 1. The van der Waals surface area contributed by atoms with Gasteiger partial charge in [0.15, 0.2) is 0 Å². The predicted octanol–water partition coefficient (Wildman–Crippen LogP) is 0.627. The number of piperazine rings is 1. The van der Waals surface area contributed by atoms with Crippen LogP contribution in [0.4, 0.5) is 0 Å². The Labute approximate surface area is 125 Å². The van der Waals surface area contributed by atoms with Crippen LogP contribution in [0.5, 0.6) is 0 Å². The highest BCUT2D eigenvalue weighted by atomic mass is 16.3. The van der Waals surface area contributed by atoms with Gasteiger partial charge < -0.3 is 10.0 Å². The van der Waals surface area contributed by atoms with Crippen molar-refractivity contribution in [2.45, 2.75) is 12.8 Å². The number of β-amino-alcohol motifs (C(OH)–C–C–N with tert-alkyl or cyclic N) is 1. The van der Waals surface area contributed by atoms with E-state index in [-0.39, 0.29) is 12.5 Å². The SMILES string of the molecule is N#Cc1ccc(CCC(=O)N2CCN(CCO)CC2)cc1. The summed E-state index contributed by atoms with van der Waals surface area (Å²) in [6.45, 7) is 4.02. The number of aliphatic hydroxyl groups excluding tert-OH is 1. The molecule has 5 nitrogen and oxygen atoms in total. The molecule has 0 aliphatic carbocycles. The smallest absolute Gasteiger partial charge is 0.222 e. The molecule has 0 saturated carbocycles. The van der Waals surface area contributed by atoms with Crippen molar-refractivity contribution in [1.82, 2.24) is 9.80 Å². The van der Waals surface area contributed by atoms with E-state index in [2.05, 4.69) is 11.0 Å². The lowest BCUT2D eigenvalue weighted by atomic mass is 10.1. The van der Waals surface area contributed by atoms with Gasteiger partial charge in [0, 0.05) is 39.1 Å². The summed E-state index contributed by atoms with van der Waals surface area (Å²) in [5, 5.41) is 17.6. The normalized spacial score (nSPS) is 15.7. The van der Waals surface area contributed by atoms with Gasteiger partial charge in [0.2, 0.25) is 5.91 Å². The molecule has 1 saturated heterocycles. The average molecular weight is 287 g/mol. The summed E-state index contributed by atoms with van der Waals surface area (Å²) >= 11 is 0. The molecule has 2 rings (SSSR count). The quantitative estimate of drug-likeness (QED) is 0.862. The molecule has 1 aliphatic heterocycles. The minimum atomic E-state index is 0.173. The van der Waals surface area contributed by atoms with Gasteiger partial charge in [-0.25, -0.2) is 0 Å². The standard InChI is InChI=1S/C16H21N3O2/c17-13-15-3-1-14(2-4-15)5-6-16(21)19-9-7-18(8-10-19)11-12-20/h1-4,20H,5-12H2. The fourth-order valence-electron chi connectivity index (χ4n) is 2.52. The van der Waals surface area contributed by atoms with Gasteiger partial charge in [0.25, 0.3) is 0 Å². The molecule has 0 radical (unpaired) electrons. The summed E-state index contributed by atoms with van der Waals surface area (Å²) in [6.07, 6.45) is 1.22. The van der Waals surface area contributed by atoms with Crippen molar-refractivity contribution in [3.63, 3.8) is 0 Å². The highest BCUT2D eigenvalue weighted by Gasteiger charge is 2.20. The van der Waals surface area contributed by atoms with E-state index in [9.17, 15) is 4.79 Å². The molecule has 1 aliphatic rings. The molecule has 1 fully saturated rings. The summed E-state index contributed by atoms with van der Waals surface area (Å²) in [4.78, 5) is 16.2. The second-order valence-corrected chi connectivity index (χ2v) is 5.25. The summed E-state index contributed by atoms with van der Waals surface area (Å²) in [5.41, 5.74) is 1.73. The van der Waals surface area contributed by atoms with Crippen molar-refractivity contribution in [2.24, 2.45) is 0 Å². The van der Waals surface area contributed by atoms with E-state index in [0.29, 0.717) is 24.9 Å². The molecule has 0 aromatic heterocycles. The van der Waals surface area contributed by atoms with Crippen LogP contribution in [0.2, 0.25) is 0 Å². The van der Waals surface area contributed by atoms with E-state index < -0.39 is 0 Å². The zero-order valence-electron chi connectivity index (χ0n) is 12.2. The lowest BCUT2D eigenvalue weighted by Gasteiger charge is -2.34. The van der Waals surface area contributed by atoms with Crippen molar-refractivity contribution in [3.8, 4) is 6.07 Å². The van der Waals surface area contributed by atoms with E-state index in [4.69, 9.17) is 10.4 Å². The number of hydrogen-bond acceptors (Lipinski definition) is 4. The van der Waals surface area contributed by atoms with E-state index in [1.807, 2.05) is 17.0 Å². The zero-order valence-corrected chi connectivity index (χ0v) is 12.2. The Morgan fingerprint density at radius 3 is 2.43 bits per heavy atom. The average Bonchev–Trinajstić information content (AvgIpc) is 2.54. The second kappa shape index (κ2) is 7.77. The summed E-state index contributed by atoms with van der Waals surface area (Å²) in [6, 6.07) is 9.47. The Morgan fingerprint density at radius 2 is 1.86 bits per heavy atom. The molecule has 5 heteroatoms. The van der Waals surface area contributed by atoms with E-state index >= 15 is 0 Å². The third-order valence-electron chi connectivity index (χ3n) is 3.85. The molecule has 0 unspecified atom stereocenters. The first-order valence-electron chi connectivity index (χ1n) is 7.33. The number of nitrogens with zero attached hydrogens (tertiary/aromatic N) is 3. The first-order chi connectivity index (χ1) is 10.2. The Bertz CT molecular complexity index is 499. The monoisotopic (exact) mass is 287 g/mol. The van der Waals surface area contributed by atoms with Gasteiger partial charge in [-0.15, -0.1) is 0 Å². The van der Waals surface area contributed by atoms with Gasteiger partial charge in [-0.1, -0.05) is 12.1 Å². The molecular weight excluding hydrogens is 266 g/mol. The molecule has 0 bridgehead atoms. The van der Waals surface area contributed by atoms with Gasteiger partial charge >= 0.3 is 0 Å². The number of rotatable bonds is 5. The Kier molecular flexibility index (Phi) is 5.73. The predicted molar refractivity (Wildman–Crippen MR) is 79.6 cm³/mol. The van der Waals surface area contributed by atoms with Gasteiger partial charge in [-0.05, 0) is 24.1 Å².